The molecule has 0 bridgehead atoms. The first kappa shape index (κ1) is 15.8. The Hall–Kier alpha value is -1.59. The number of nitrogens with one attached hydrogen (secondary N) is 1. The Balaban J connectivity index is 1.95. The Morgan fingerprint density at radius 2 is 1.95 bits per heavy atom. The Kier molecular flexibility index (Phi) is 6.02. The molecule has 2 N–H and O–H groups in total. The van der Waals surface area contributed by atoms with E-state index in [9.17, 15) is 4.79 Å². The van der Waals surface area contributed by atoms with Gasteiger partial charge in [-0.2, -0.15) is 0 Å². The number of anilines is 1. The molecule has 1 amide bonds. The van der Waals surface area contributed by atoms with E-state index in [0.29, 0.717) is 6.54 Å². The number of β-amino-alcohol motifs (C(OH)–C–C–N with tert-alkyl or cyclic N) is 1. The van der Waals surface area contributed by atoms with Gasteiger partial charge in [0.1, 0.15) is 0 Å². The van der Waals surface area contributed by atoms with Crippen LogP contribution in [0.5, 0.6) is 0 Å². The fourth-order valence-corrected chi connectivity index (χ4v) is 2.66. The van der Waals surface area contributed by atoms with Crippen molar-refractivity contribution in [1.82, 2.24) is 9.80 Å². The van der Waals surface area contributed by atoms with E-state index in [1.807, 2.05) is 29.2 Å². The summed E-state index contributed by atoms with van der Waals surface area (Å²) in [6.07, 6.45) is 0.960. The molecule has 1 aromatic carbocycles. The maximum absolute atomic E-state index is 12.5. The number of amides is 1. The molecule has 0 aromatic heterocycles. The van der Waals surface area contributed by atoms with E-state index in [1.165, 1.54) is 0 Å². The highest BCUT2D eigenvalue weighted by Crippen LogP contribution is 2.13. The van der Waals surface area contributed by atoms with Gasteiger partial charge in [0.15, 0.2) is 0 Å². The van der Waals surface area contributed by atoms with E-state index in [2.05, 4.69) is 17.1 Å². The van der Waals surface area contributed by atoms with Crippen LogP contribution in [0, 0.1) is 0 Å². The van der Waals surface area contributed by atoms with Crippen molar-refractivity contribution in [3.8, 4) is 0 Å². The Morgan fingerprint density at radius 3 is 2.62 bits per heavy atom. The number of nitrogens with zero attached hydrogens (tertiary/aromatic N) is 2. The quantitative estimate of drug-likeness (QED) is 0.857. The van der Waals surface area contributed by atoms with Crippen LogP contribution in [0.4, 0.5) is 5.69 Å². The maximum Gasteiger partial charge on any atom is 0.253 e. The second-order valence-electron chi connectivity index (χ2n) is 5.32. The summed E-state index contributed by atoms with van der Waals surface area (Å²) in [6, 6.07) is 7.67. The number of hydrogen-bond donors (Lipinski definition) is 2. The molecule has 116 valence electrons. The lowest BCUT2D eigenvalue weighted by Gasteiger charge is -2.21. The lowest BCUT2D eigenvalue weighted by molar-refractivity contribution is 0.0760. The number of carbonyl (C=O) groups excluding carboxylic acids is 1. The summed E-state index contributed by atoms with van der Waals surface area (Å²) in [4.78, 5) is 16.6. The number of aliphatic hydroxyl groups is 1. The molecule has 1 aliphatic rings. The standard InChI is InChI=1S/C16H25N3O2/c1-2-17-15-6-4-14(5-7-15)16(21)19-9-3-8-18(10-11-19)12-13-20/h4-7,17,20H,2-3,8-13H2,1H3. The average Bonchev–Trinajstić information content (AvgIpc) is 2.74. The van der Waals surface area contributed by atoms with E-state index in [0.717, 1.165) is 50.4 Å². The van der Waals surface area contributed by atoms with Crippen LogP contribution in [0.1, 0.15) is 23.7 Å². The Morgan fingerprint density at radius 1 is 1.19 bits per heavy atom. The summed E-state index contributed by atoms with van der Waals surface area (Å²) in [7, 11) is 0. The van der Waals surface area contributed by atoms with Crippen LogP contribution in [0.15, 0.2) is 24.3 Å². The molecule has 1 aliphatic heterocycles. The largest absolute Gasteiger partial charge is 0.395 e. The van der Waals surface area contributed by atoms with Crippen molar-refractivity contribution in [2.75, 3.05) is 51.2 Å². The molecule has 1 saturated heterocycles. The van der Waals surface area contributed by atoms with Gasteiger partial charge in [0.25, 0.3) is 5.91 Å². The topological polar surface area (TPSA) is 55.8 Å². The van der Waals surface area contributed by atoms with Crippen molar-refractivity contribution in [2.24, 2.45) is 0 Å². The second-order valence-corrected chi connectivity index (χ2v) is 5.32. The minimum Gasteiger partial charge on any atom is -0.395 e. The van der Waals surface area contributed by atoms with Gasteiger partial charge in [-0.3, -0.25) is 9.69 Å². The molecule has 0 atom stereocenters. The van der Waals surface area contributed by atoms with Gasteiger partial charge in [0.2, 0.25) is 0 Å². The molecule has 0 unspecified atom stereocenters. The van der Waals surface area contributed by atoms with Crippen molar-refractivity contribution in [3.05, 3.63) is 29.8 Å². The zero-order valence-corrected chi connectivity index (χ0v) is 12.7. The van der Waals surface area contributed by atoms with Gasteiger partial charge < -0.3 is 15.3 Å². The van der Waals surface area contributed by atoms with Crippen LogP contribution in [0.25, 0.3) is 0 Å². The molecule has 0 aliphatic carbocycles. The van der Waals surface area contributed by atoms with Gasteiger partial charge in [-0.25, -0.2) is 0 Å². The lowest BCUT2D eigenvalue weighted by Crippen LogP contribution is -2.35. The number of rotatable bonds is 5. The first-order valence-corrected chi connectivity index (χ1v) is 7.71. The molecule has 1 aromatic rings. The SMILES string of the molecule is CCNc1ccc(C(=O)N2CCCN(CCO)CC2)cc1. The van der Waals surface area contributed by atoms with Crippen molar-refractivity contribution < 1.29 is 9.90 Å². The number of benzene rings is 1. The summed E-state index contributed by atoms with van der Waals surface area (Å²) < 4.78 is 0. The van der Waals surface area contributed by atoms with Crippen molar-refractivity contribution in [2.45, 2.75) is 13.3 Å². The van der Waals surface area contributed by atoms with Crippen molar-refractivity contribution >= 4 is 11.6 Å². The molecule has 21 heavy (non-hydrogen) atoms. The van der Waals surface area contributed by atoms with E-state index in [1.54, 1.807) is 0 Å². The zero-order valence-electron chi connectivity index (χ0n) is 12.7. The molecule has 0 radical (unpaired) electrons. The third kappa shape index (κ3) is 4.44. The second kappa shape index (κ2) is 8.00. The molecule has 2 rings (SSSR count). The summed E-state index contributed by atoms with van der Waals surface area (Å²) in [5.74, 6) is 0.101. The lowest BCUT2D eigenvalue weighted by atomic mass is 10.1. The molecule has 1 fully saturated rings. The summed E-state index contributed by atoms with van der Waals surface area (Å²) in [5, 5.41) is 12.2. The normalized spacial score (nSPS) is 16.6. The predicted molar refractivity (Wildman–Crippen MR) is 84.7 cm³/mol. The molecular formula is C16H25N3O2. The van der Waals surface area contributed by atoms with E-state index >= 15 is 0 Å². The summed E-state index contributed by atoms with van der Waals surface area (Å²) in [6.45, 7) is 7.10. The number of carbonyl (C=O) groups is 1. The van der Waals surface area contributed by atoms with Gasteiger partial charge in [-0.1, -0.05) is 0 Å². The number of aliphatic hydroxyl groups excluding tert-OH is 1. The molecule has 0 saturated carbocycles. The molecule has 1 heterocycles. The van der Waals surface area contributed by atoms with Gasteiger partial charge >= 0.3 is 0 Å². The molecule has 5 heteroatoms. The molecule has 5 nitrogen and oxygen atoms in total. The fourth-order valence-electron chi connectivity index (χ4n) is 2.66. The predicted octanol–water partition coefficient (Wildman–Crippen LogP) is 1.26. The van der Waals surface area contributed by atoms with Crippen LogP contribution in [0.2, 0.25) is 0 Å². The van der Waals surface area contributed by atoms with Crippen molar-refractivity contribution in [1.29, 1.82) is 0 Å². The van der Waals surface area contributed by atoms with Crippen LogP contribution >= 0.6 is 0 Å². The van der Waals surface area contributed by atoms with Gasteiger partial charge in [-0.15, -0.1) is 0 Å². The fraction of sp³-hybridized carbons (Fsp3) is 0.562. The number of hydrogen-bond acceptors (Lipinski definition) is 4. The Bertz CT molecular complexity index is 447. The first-order valence-electron chi connectivity index (χ1n) is 7.71. The summed E-state index contributed by atoms with van der Waals surface area (Å²) in [5.41, 5.74) is 1.78. The Labute approximate surface area is 126 Å². The van der Waals surface area contributed by atoms with E-state index in [-0.39, 0.29) is 12.5 Å². The van der Waals surface area contributed by atoms with Crippen LogP contribution in [0.3, 0.4) is 0 Å². The van der Waals surface area contributed by atoms with Crippen molar-refractivity contribution in [3.63, 3.8) is 0 Å². The highest BCUT2D eigenvalue weighted by molar-refractivity contribution is 5.94. The highest BCUT2D eigenvalue weighted by Gasteiger charge is 2.19. The smallest absolute Gasteiger partial charge is 0.253 e. The molecule has 0 spiro atoms. The van der Waals surface area contributed by atoms with Crippen LogP contribution < -0.4 is 5.32 Å². The van der Waals surface area contributed by atoms with Crippen LogP contribution in [-0.4, -0.2) is 66.7 Å². The third-order valence-corrected chi connectivity index (χ3v) is 3.80. The monoisotopic (exact) mass is 291 g/mol. The molecular weight excluding hydrogens is 266 g/mol. The van der Waals surface area contributed by atoms with E-state index < -0.39 is 0 Å². The van der Waals surface area contributed by atoms with Gasteiger partial charge in [0, 0.05) is 44.0 Å². The van der Waals surface area contributed by atoms with Gasteiger partial charge in [0.05, 0.1) is 6.61 Å². The minimum atomic E-state index is 0.101. The zero-order chi connectivity index (χ0) is 15.1. The third-order valence-electron chi connectivity index (χ3n) is 3.80. The first-order chi connectivity index (χ1) is 10.2. The van der Waals surface area contributed by atoms with E-state index in [4.69, 9.17) is 5.11 Å². The van der Waals surface area contributed by atoms with Crippen LogP contribution in [-0.2, 0) is 0 Å². The minimum absolute atomic E-state index is 0.101. The van der Waals surface area contributed by atoms with Gasteiger partial charge in [-0.05, 0) is 44.2 Å². The average molecular weight is 291 g/mol. The highest BCUT2D eigenvalue weighted by atomic mass is 16.3. The maximum atomic E-state index is 12.5. The summed E-state index contributed by atoms with van der Waals surface area (Å²) >= 11 is 0.